The normalized spacial score (nSPS) is 11.4. The maximum atomic E-state index is 12.2. The first-order valence-electron chi connectivity index (χ1n) is 5.64. The van der Waals surface area contributed by atoms with Crippen LogP contribution >= 0.6 is 31.9 Å². The number of primary sulfonamides is 1. The van der Waals surface area contributed by atoms with Gasteiger partial charge in [0.15, 0.2) is 0 Å². The predicted molar refractivity (Wildman–Crippen MR) is 86.6 cm³/mol. The van der Waals surface area contributed by atoms with E-state index in [2.05, 4.69) is 37.2 Å². The van der Waals surface area contributed by atoms with Crippen LogP contribution < -0.4 is 10.5 Å². The van der Waals surface area contributed by atoms with Gasteiger partial charge in [0.25, 0.3) is 5.91 Å². The highest BCUT2D eigenvalue weighted by molar-refractivity contribution is 9.10. The number of amides is 1. The summed E-state index contributed by atoms with van der Waals surface area (Å²) in [6.07, 6.45) is 1.76. The molecule has 2 aromatic rings. The van der Waals surface area contributed by atoms with Gasteiger partial charge < -0.3 is 9.88 Å². The van der Waals surface area contributed by atoms with E-state index in [-0.39, 0.29) is 10.8 Å². The summed E-state index contributed by atoms with van der Waals surface area (Å²) in [4.78, 5) is 12.1. The predicted octanol–water partition coefficient (Wildman–Crippen LogP) is 2.45. The zero-order valence-corrected chi connectivity index (χ0v) is 14.8. The molecule has 2 rings (SSSR count). The number of halogens is 2. The SMILES string of the molecule is Cn1cc(Br)cc1C(=O)Nc1ccc(S(N)(=O)=O)cc1Br. The number of carbonyl (C=O) groups excluding carboxylic acids is 1. The first kappa shape index (κ1) is 16.2. The van der Waals surface area contributed by atoms with Crippen molar-refractivity contribution in [2.24, 2.45) is 12.2 Å². The second kappa shape index (κ2) is 5.91. The monoisotopic (exact) mass is 435 g/mol. The molecule has 0 fully saturated rings. The number of benzene rings is 1. The van der Waals surface area contributed by atoms with Gasteiger partial charge in [-0.2, -0.15) is 0 Å². The van der Waals surface area contributed by atoms with Crippen LogP contribution in [0.4, 0.5) is 5.69 Å². The van der Waals surface area contributed by atoms with Gasteiger partial charge in [-0.3, -0.25) is 4.79 Å². The summed E-state index contributed by atoms with van der Waals surface area (Å²) in [5.74, 6) is -0.313. The largest absolute Gasteiger partial charge is 0.345 e. The standard InChI is InChI=1S/C12H11Br2N3O3S/c1-17-6-7(13)4-11(17)12(18)16-10-3-2-8(5-9(10)14)21(15,19)20/h2-6H,1H3,(H,16,18)(H2,15,19,20). The van der Waals surface area contributed by atoms with Crippen molar-refractivity contribution in [3.8, 4) is 0 Å². The van der Waals surface area contributed by atoms with Crippen molar-refractivity contribution in [1.82, 2.24) is 4.57 Å². The number of hydrogen-bond acceptors (Lipinski definition) is 3. The second-order valence-electron chi connectivity index (χ2n) is 4.30. The molecule has 1 aromatic carbocycles. The molecule has 0 bridgehead atoms. The topological polar surface area (TPSA) is 94.2 Å². The summed E-state index contributed by atoms with van der Waals surface area (Å²) in [6, 6.07) is 5.82. The van der Waals surface area contributed by atoms with E-state index in [9.17, 15) is 13.2 Å². The molecular formula is C12H11Br2N3O3S. The Morgan fingerprint density at radius 1 is 1.29 bits per heavy atom. The van der Waals surface area contributed by atoms with Crippen LogP contribution in [0.15, 0.2) is 44.3 Å². The van der Waals surface area contributed by atoms with Crippen LogP contribution in [0, 0.1) is 0 Å². The van der Waals surface area contributed by atoms with Crippen LogP contribution in [0.25, 0.3) is 0 Å². The molecule has 0 saturated heterocycles. The Labute approximate surface area is 138 Å². The summed E-state index contributed by atoms with van der Waals surface area (Å²) in [6.45, 7) is 0. The Morgan fingerprint density at radius 3 is 2.43 bits per heavy atom. The summed E-state index contributed by atoms with van der Waals surface area (Å²) in [5.41, 5.74) is 0.911. The van der Waals surface area contributed by atoms with E-state index in [0.29, 0.717) is 15.9 Å². The van der Waals surface area contributed by atoms with Gasteiger partial charge in [0, 0.05) is 22.2 Å². The number of aromatic nitrogens is 1. The molecule has 0 aliphatic carbocycles. The highest BCUT2D eigenvalue weighted by atomic mass is 79.9. The Kier molecular flexibility index (Phi) is 4.57. The molecule has 1 amide bonds. The first-order chi connectivity index (χ1) is 9.68. The molecule has 0 saturated carbocycles. The van der Waals surface area contributed by atoms with Gasteiger partial charge >= 0.3 is 0 Å². The Hall–Kier alpha value is -1.16. The summed E-state index contributed by atoms with van der Waals surface area (Å²) >= 11 is 6.51. The summed E-state index contributed by atoms with van der Waals surface area (Å²) < 4.78 is 25.4. The summed E-state index contributed by atoms with van der Waals surface area (Å²) in [7, 11) is -2.03. The van der Waals surface area contributed by atoms with Gasteiger partial charge in [0.05, 0.1) is 10.6 Å². The summed E-state index contributed by atoms with van der Waals surface area (Å²) in [5, 5.41) is 7.74. The van der Waals surface area contributed by atoms with Gasteiger partial charge in [-0.05, 0) is 56.1 Å². The van der Waals surface area contributed by atoms with Crippen molar-refractivity contribution in [3.05, 3.63) is 45.1 Å². The average molecular weight is 437 g/mol. The van der Waals surface area contributed by atoms with Crippen LogP contribution in [-0.4, -0.2) is 18.9 Å². The van der Waals surface area contributed by atoms with E-state index >= 15 is 0 Å². The lowest BCUT2D eigenvalue weighted by Crippen LogP contribution is -2.16. The Bertz CT molecular complexity index is 815. The lowest BCUT2D eigenvalue weighted by molar-refractivity contribution is 0.101. The van der Waals surface area contributed by atoms with Gasteiger partial charge in [0.1, 0.15) is 5.69 Å². The van der Waals surface area contributed by atoms with E-state index in [4.69, 9.17) is 5.14 Å². The number of aryl methyl sites for hydroxylation is 1. The smallest absolute Gasteiger partial charge is 0.272 e. The zero-order valence-electron chi connectivity index (χ0n) is 10.8. The van der Waals surface area contributed by atoms with Crippen LogP contribution in [0.2, 0.25) is 0 Å². The minimum Gasteiger partial charge on any atom is -0.345 e. The molecule has 6 nitrogen and oxygen atoms in total. The van der Waals surface area contributed by atoms with Crippen molar-refractivity contribution < 1.29 is 13.2 Å². The van der Waals surface area contributed by atoms with E-state index in [1.807, 2.05) is 0 Å². The number of sulfonamides is 1. The van der Waals surface area contributed by atoms with E-state index in [1.165, 1.54) is 18.2 Å². The molecule has 0 atom stereocenters. The van der Waals surface area contributed by atoms with Crippen molar-refractivity contribution in [1.29, 1.82) is 0 Å². The molecule has 112 valence electrons. The zero-order chi connectivity index (χ0) is 15.8. The van der Waals surface area contributed by atoms with Crippen LogP contribution in [0.1, 0.15) is 10.5 Å². The quantitative estimate of drug-likeness (QED) is 0.773. The average Bonchev–Trinajstić information content (AvgIpc) is 2.69. The third-order valence-electron chi connectivity index (χ3n) is 2.72. The second-order valence-corrected chi connectivity index (χ2v) is 7.63. The van der Waals surface area contributed by atoms with Crippen molar-refractivity contribution >= 4 is 53.5 Å². The minimum atomic E-state index is -3.78. The lowest BCUT2D eigenvalue weighted by Gasteiger charge is -2.09. The van der Waals surface area contributed by atoms with E-state index in [0.717, 1.165) is 4.47 Å². The minimum absolute atomic E-state index is 0.0333. The number of nitrogens with one attached hydrogen (secondary N) is 1. The van der Waals surface area contributed by atoms with Crippen LogP contribution in [-0.2, 0) is 17.1 Å². The van der Waals surface area contributed by atoms with Crippen molar-refractivity contribution in [3.63, 3.8) is 0 Å². The fourth-order valence-electron chi connectivity index (χ4n) is 1.71. The molecule has 0 radical (unpaired) electrons. The Balaban J connectivity index is 2.28. The first-order valence-corrected chi connectivity index (χ1v) is 8.77. The number of anilines is 1. The molecule has 21 heavy (non-hydrogen) atoms. The Morgan fingerprint density at radius 2 is 1.95 bits per heavy atom. The molecule has 1 aromatic heterocycles. The van der Waals surface area contributed by atoms with E-state index < -0.39 is 10.0 Å². The fraction of sp³-hybridized carbons (Fsp3) is 0.0833. The number of nitrogens with two attached hydrogens (primary N) is 1. The van der Waals surface area contributed by atoms with Gasteiger partial charge in [-0.1, -0.05) is 0 Å². The molecule has 1 heterocycles. The van der Waals surface area contributed by atoms with Gasteiger partial charge in [-0.25, -0.2) is 13.6 Å². The highest BCUT2D eigenvalue weighted by Gasteiger charge is 2.15. The van der Waals surface area contributed by atoms with Crippen LogP contribution in [0.3, 0.4) is 0 Å². The number of hydrogen-bond donors (Lipinski definition) is 2. The van der Waals surface area contributed by atoms with Crippen molar-refractivity contribution in [2.45, 2.75) is 4.90 Å². The van der Waals surface area contributed by atoms with Gasteiger partial charge in [0.2, 0.25) is 10.0 Å². The molecule has 0 aliphatic rings. The lowest BCUT2D eigenvalue weighted by atomic mass is 10.3. The molecule has 0 aliphatic heterocycles. The fourth-order valence-corrected chi connectivity index (χ4v) is 3.40. The molecule has 0 unspecified atom stereocenters. The third-order valence-corrected chi connectivity index (χ3v) is 4.72. The molecular weight excluding hydrogens is 426 g/mol. The molecule has 3 N–H and O–H groups in total. The third kappa shape index (κ3) is 3.73. The number of carbonyl (C=O) groups is 1. The van der Waals surface area contributed by atoms with Crippen molar-refractivity contribution in [2.75, 3.05) is 5.32 Å². The van der Waals surface area contributed by atoms with Crippen LogP contribution in [0.5, 0.6) is 0 Å². The number of nitrogens with zero attached hydrogens (tertiary/aromatic N) is 1. The van der Waals surface area contributed by atoms with Gasteiger partial charge in [-0.15, -0.1) is 0 Å². The highest BCUT2D eigenvalue weighted by Crippen LogP contribution is 2.26. The maximum absolute atomic E-state index is 12.2. The maximum Gasteiger partial charge on any atom is 0.272 e. The number of rotatable bonds is 3. The van der Waals surface area contributed by atoms with E-state index in [1.54, 1.807) is 23.9 Å². The molecule has 0 spiro atoms. The molecule has 9 heteroatoms.